The monoisotopic (exact) mass is 469 g/mol. The highest BCUT2D eigenvalue weighted by molar-refractivity contribution is 6.45. The number of methoxy groups -OCH3 is 1. The number of amides is 2. The summed E-state index contributed by atoms with van der Waals surface area (Å²) in [6.07, 6.45) is 6.39. The summed E-state index contributed by atoms with van der Waals surface area (Å²) in [7, 11) is 1.49. The van der Waals surface area contributed by atoms with E-state index in [4.69, 9.17) is 4.74 Å². The van der Waals surface area contributed by atoms with Gasteiger partial charge in [-0.1, -0.05) is 18.2 Å². The number of nitrogens with zero attached hydrogens (tertiary/aromatic N) is 4. The fourth-order valence-electron chi connectivity index (χ4n) is 4.32. The van der Waals surface area contributed by atoms with Crippen molar-refractivity contribution in [2.75, 3.05) is 33.3 Å². The van der Waals surface area contributed by atoms with Crippen LogP contribution >= 0.6 is 0 Å². The average molecular weight is 470 g/mol. The first kappa shape index (κ1) is 22.3. The maximum Gasteiger partial charge on any atom is 0.295 e. The number of H-pyrrole nitrogens is 1. The molecule has 35 heavy (non-hydrogen) atoms. The molecule has 1 saturated heterocycles. The molecule has 0 unspecified atom stereocenters. The summed E-state index contributed by atoms with van der Waals surface area (Å²) in [5, 5.41) is 0.505. The molecule has 2 amide bonds. The second kappa shape index (κ2) is 9.38. The molecule has 0 atom stereocenters. The molecular weight excluding hydrogens is 446 g/mol. The van der Waals surface area contributed by atoms with Gasteiger partial charge in [-0.05, 0) is 24.3 Å². The van der Waals surface area contributed by atoms with Crippen molar-refractivity contribution in [1.29, 1.82) is 0 Å². The number of aromatic amines is 1. The van der Waals surface area contributed by atoms with Crippen LogP contribution in [0.4, 0.5) is 0 Å². The highest BCUT2D eigenvalue weighted by Gasteiger charge is 2.31. The van der Waals surface area contributed by atoms with Gasteiger partial charge >= 0.3 is 0 Å². The van der Waals surface area contributed by atoms with Crippen molar-refractivity contribution < 1.29 is 19.1 Å². The molecule has 9 heteroatoms. The number of fused-ring (bicyclic) bond motifs is 1. The number of nitrogens with one attached hydrogen (secondary N) is 1. The fraction of sp³-hybridized carbons (Fsp3) is 0.192. The van der Waals surface area contributed by atoms with Crippen molar-refractivity contribution >= 4 is 28.5 Å². The topological polar surface area (TPSA) is 108 Å². The normalized spacial score (nSPS) is 13.6. The Morgan fingerprint density at radius 3 is 2.31 bits per heavy atom. The van der Waals surface area contributed by atoms with Gasteiger partial charge in [0.15, 0.2) is 0 Å². The molecule has 0 saturated carbocycles. The largest absolute Gasteiger partial charge is 0.494 e. The summed E-state index contributed by atoms with van der Waals surface area (Å²) in [6, 6.07) is 12.7. The predicted molar refractivity (Wildman–Crippen MR) is 129 cm³/mol. The molecule has 1 aromatic carbocycles. The third-order valence-corrected chi connectivity index (χ3v) is 6.16. The van der Waals surface area contributed by atoms with E-state index >= 15 is 0 Å². The zero-order valence-electron chi connectivity index (χ0n) is 19.1. The van der Waals surface area contributed by atoms with E-state index in [0.29, 0.717) is 41.0 Å². The first-order valence-electron chi connectivity index (χ1n) is 11.2. The van der Waals surface area contributed by atoms with Gasteiger partial charge in [0.25, 0.3) is 17.6 Å². The Bertz CT molecular complexity index is 1390. The third-order valence-electron chi connectivity index (χ3n) is 6.16. The van der Waals surface area contributed by atoms with Crippen LogP contribution in [0.2, 0.25) is 0 Å². The van der Waals surface area contributed by atoms with Gasteiger partial charge < -0.3 is 19.5 Å². The van der Waals surface area contributed by atoms with Crippen LogP contribution in [-0.2, 0) is 4.79 Å². The zero-order valence-corrected chi connectivity index (χ0v) is 19.1. The highest BCUT2D eigenvalue weighted by Crippen LogP contribution is 2.34. The molecular formula is C26H23N5O4. The van der Waals surface area contributed by atoms with Crippen LogP contribution in [0.15, 0.2) is 67.3 Å². The Morgan fingerprint density at radius 2 is 1.63 bits per heavy atom. The van der Waals surface area contributed by atoms with Crippen LogP contribution in [0.3, 0.4) is 0 Å². The number of carbonyl (C=O) groups excluding carboxylic acids is 3. The standard InChI is InChI=1S/C26H23N5O4/c1-35-20-16-29-22(17-7-9-27-10-8-17)23-21(20)19(15-28-23)24(32)26(34)31-13-11-30(12-14-31)25(33)18-5-3-2-4-6-18/h2-10,15-16,28H,11-14H2,1H3. The summed E-state index contributed by atoms with van der Waals surface area (Å²) in [5.41, 5.74) is 2.88. The first-order valence-corrected chi connectivity index (χ1v) is 11.2. The lowest BCUT2D eigenvalue weighted by Crippen LogP contribution is -2.52. The molecule has 4 heterocycles. The smallest absolute Gasteiger partial charge is 0.295 e. The lowest BCUT2D eigenvalue weighted by Gasteiger charge is -2.34. The number of benzene rings is 1. The SMILES string of the molecule is COc1cnc(-c2ccncc2)c2[nH]cc(C(=O)C(=O)N3CCN(C(=O)c4ccccc4)CC3)c12. The Balaban J connectivity index is 1.37. The number of ether oxygens (including phenoxy) is 1. The number of piperazine rings is 1. The van der Waals surface area contributed by atoms with Crippen molar-refractivity contribution in [2.45, 2.75) is 0 Å². The van der Waals surface area contributed by atoms with Gasteiger partial charge in [-0.25, -0.2) is 0 Å². The number of aromatic nitrogens is 3. The van der Waals surface area contributed by atoms with E-state index in [0.717, 1.165) is 5.56 Å². The van der Waals surface area contributed by atoms with Crippen LogP contribution in [0.25, 0.3) is 22.2 Å². The lowest BCUT2D eigenvalue weighted by atomic mass is 10.0. The van der Waals surface area contributed by atoms with Gasteiger partial charge in [-0.2, -0.15) is 0 Å². The quantitative estimate of drug-likeness (QED) is 0.356. The molecule has 4 aromatic rings. The Labute approximate surface area is 201 Å². The summed E-state index contributed by atoms with van der Waals surface area (Å²) >= 11 is 0. The molecule has 0 bridgehead atoms. The number of carbonyl (C=O) groups is 3. The number of rotatable bonds is 5. The van der Waals surface area contributed by atoms with Crippen molar-refractivity contribution in [2.24, 2.45) is 0 Å². The van der Waals surface area contributed by atoms with E-state index < -0.39 is 11.7 Å². The highest BCUT2D eigenvalue weighted by atomic mass is 16.5. The molecule has 1 fully saturated rings. The number of hydrogen-bond acceptors (Lipinski definition) is 6. The lowest BCUT2D eigenvalue weighted by molar-refractivity contribution is -0.127. The Hall–Kier alpha value is -4.53. The number of ketones is 1. The number of Topliss-reactive ketones (excluding diaryl/α,β-unsaturated/α-hetero) is 1. The predicted octanol–water partition coefficient (Wildman–Crippen LogP) is 2.80. The van der Waals surface area contributed by atoms with Gasteiger partial charge in [0.1, 0.15) is 5.75 Å². The van der Waals surface area contributed by atoms with Crippen LogP contribution in [0.5, 0.6) is 5.75 Å². The summed E-state index contributed by atoms with van der Waals surface area (Å²) < 4.78 is 5.46. The number of hydrogen-bond donors (Lipinski definition) is 1. The molecule has 9 nitrogen and oxygen atoms in total. The molecule has 0 radical (unpaired) electrons. The van der Waals surface area contributed by atoms with E-state index in [1.165, 1.54) is 18.2 Å². The zero-order chi connectivity index (χ0) is 24.4. The molecule has 3 aromatic heterocycles. The van der Waals surface area contributed by atoms with Gasteiger partial charge in [-0.15, -0.1) is 0 Å². The number of pyridine rings is 2. The summed E-state index contributed by atoms with van der Waals surface area (Å²) in [6.45, 7) is 1.29. The Kier molecular flexibility index (Phi) is 5.97. The van der Waals surface area contributed by atoms with Crippen molar-refractivity contribution in [3.63, 3.8) is 0 Å². The Morgan fingerprint density at radius 1 is 0.943 bits per heavy atom. The van der Waals surface area contributed by atoms with Crippen LogP contribution in [-0.4, -0.2) is 75.6 Å². The minimum absolute atomic E-state index is 0.0819. The molecule has 1 N–H and O–H groups in total. The average Bonchev–Trinajstić information content (AvgIpc) is 3.38. The van der Waals surface area contributed by atoms with Crippen molar-refractivity contribution in [3.05, 3.63) is 78.4 Å². The van der Waals surface area contributed by atoms with Crippen LogP contribution in [0.1, 0.15) is 20.7 Å². The van der Waals surface area contributed by atoms with Crippen molar-refractivity contribution in [3.8, 4) is 17.0 Å². The first-order chi connectivity index (χ1) is 17.1. The van der Waals surface area contributed by atoms with E-state index in [2.05, 4.69) is 15.0 Å². The second-order valence-corrected chi connectivity index (χ2v) is 8.14. The maximum atomic E-state index is 13.3. The molecule has 0 aliphatic carbocycles. The van der Waals surface area contributed by atoms with E-state index in [9.17, 15) is 14.4 Å². The second-order valence-electron chi connectivity index (χ2n) is 8.14. The summed E-state index contributed by atoms with van der Waals surface area (Å²) in [5.74, 6) is -0.929. The molecule has 1 aliphatic rings. The van der Waals surface area contributed by atoms with E-state index in [1.54, 1.807) is 35.6 Å². The van der Waals surface area contributed by atoms with Crippen molar-refractivity contribution in [1.82, 2.24) is 24.8 Å². The van der Waals surface area contributed by atoms with Gasteiger partial charge in [-0.3, -0.25) is 24.4 Å². The third kappa shape index (κ3) is 4.12. The van der Waals surface area contributed by atoms with E-state index in [-0.39, 0.29) is 24.6 Å². The maximum absolute atomic E-state index is 13.3. The fourth-order valence-corrected chi connectivity index (χ4v) is 4.32. The van der Waals surface area contributed by atoms with Gasteiger partial charge in [0.2, 0.25) is 0 Å². The van der Waals surface area contributed by atoms with Crippen LogP contribution < -0.4 is 4.74 Å². The summed E-state index contributed by atoms with van der Waals surface area (Å²) in [4.78, 5) is 53.9. The molecule has 5 rings (SSSR count). The minimum Gasteiger partial charge on any atom is -0.494 e. The van der Waals surface area contributed by atoms with Gasteiger partial charge in [0, 0.05) is 55.9 Å². The van der Waals surface area contributed by atoms with Gasteiger partial charge in [0.05, 0.1) is 35.5 Å². The molecule has 0 spiro atoms. The molecule has 1 aliphatic heterocycles. The molecule has 176 valence electrons. The van der Waals surface area contributed by atoms with Crippen LogP contribution in [0, 0.1) is 0 Å². The van der Waals surface area contributed by atoms with E-state index in [1.807, 2.05) is 30.3 Å². The minimum atomic E-state index is -0.635.